The highest BCUT2D eigenvalue weighted by molar-refractivity contribution is 7.96. The first-order chi connectivity index (χ1) is 13.2. The standard InChI is InChI=1S/C15H16F2O10S/c16-15(17,28-27-26-22)14(21)24-4-7(18)3-11(19)23-5-10-6-1-8-9(2-6)13(20)25-12(8)10/h6,8-10,12,22H,1-5H2/p-1. The summed E-state index contributed by atoms with van der Waals surface area (Å²) in [5, 5.41) is 7.90. The van der Waals surface area contributed by atoms with Gasteiger partial charge in [-0.15, -0.1) is 0 Å². The van der Waals surface area contributed by atoms with Crippen LogP contribution in [0.4, 0.5) is 8.78 Å². The number of hydrogen-bond acceptors (Lipinski definition) is 11. The average Bonchev–Trinajstić information content (AvgIpc) is 3.26. The fourth-order valence-corrected chi connectivity index (χ4v) is 4.32. The molecule has 0 spiro atoms. The zero-order chi connectivity index (χ0) is 20.5. The molecule has 2 saturated carbocycles. The van der Waals surface area contributed by atoms with Gasteiger partial charge < -0.3 is 19.5 Å². The van der Waals surface area contributed by atoms with Crippen molar-refractivity contribution in [2.45, 2.75) is 30.6 Å². The summed E-state index contributed by atoms with van der Waals surface area (Å²) in [6.45, 7) is -1.10. The molecule has 0 amide bonds. The van der Waals surface area contributed by atoms with Crippen LogP contribution in [0.5, 0.6) is 0 Å². The first-order valence-corrected chi connectivity index (χ1v) is 9.04. The Balaban J connectivity index is 1.37. The zero-order valence-corrected chi connectivity index (χ0v) is 15.0. The average molecular weight is 425 g/mol. The van der Waals surface area contributed by atoms with Crippen LogP contribution in [0.3, 0.4) is 0 Å². The van der Waals surface area contributed by atoms with Crippen LogP contribution in [0, 0.1) is 23.7 Å². The van der Waals surface area contributed by atoms with Gasteiger partial charge >= 0.3 is 23.2 Å². The van der Waals surface area contributed by atoms with Gasteiger partial charge in [-0.25, -0.2) is 4.79 Å². The maximum absolute atomic E-state index is 13.1. The van der Waals surface area contributed by atoms with E-state index in [9.17, 15) is 33.2 Å². The van der Waals surface area contributed by atoms with Gasteiger partial charge in [0.2, 0.25) is 0 Å². The molecule has 1 saturated heterocycles. The summed E-state index contributed by atoms with van der Waals surface area (Å²) in [5.41, 5.74) is 0. The number of carbonyl (C=O) groups excluding carboxylic acids is 4. The number of ether oxygens (including phenoxy) is 3. The number of alkyl halides is 2. The summed E-state index contributed by atoms with van der Waals surface area (Å²) >= 11 is -0.895. The van der Waals surface area contributed by atoms with Gasteiger partial charge in [-0.2, -0.15) is 13.1 Å². The van der Waals surface area contributed by atoms with Crippen molar-refractivity contribution in [3.05, 3.63) is 0 Å². The molecular weight excluding hydrogens is 410 g/mol. The monoisotopic (exact) mass is 425 g/mol. The molecule has 3 aliphatic rings. The van der Waals surface area contributed by atoms with Gasteiger partial charge in [-0.05, 0) is 18.8 Å². The Labute approximate surface area is 160 Å². The van der Waals surface area contributed by atoms with E-state index in [1.807, 2.05) is 0 Å². The van der Waals surface area contributed by atoms with E-state index in [2.05, 4.69) is 14.1 Å². The van der Waals surface area contributed by atoms with E-state index in [-0.39, 0.29) is 42.4 Å². The predicted octanol–water partition coefficient (Wildman–Crippen LogP) is -0.306. The van der Waals surface area contributed by atoms with Crippen molar-refractivity contribution < 1.29 is 56.8 Å². The minimum absolute atomic E-state index is 0.0149. The Morgan fingerprint density at radius 2 is 2.00 bits per heavy atom. The number of esters is 3. The topological polar surface area (TPSA) is 137 Å². The minimum Gasteiger partial charge on any atom is -0.691 e. The molecule has 5 unspecified atom stereocenters. The maximum Gasteiger partial charge on any atom is 0.415 e. The molecule has 3 rings (SSSR count). The number of hydrogen-bond donors (Lipinski definition) is 0. The van der Waals surface area contributed by atoms with Gasteiger partial charge in [0.25, 0.3) is 0 Å². The first kappa shape index (κ1) is 20.9. The van der Waals surface area contributed by atoms with Crippen LogP contribution in [0.25, 0.3) is 0 Å². The fraction of sp³-hybridized carbons (Fsp3) is 0.733. The second-order valence-corrected chi connectivity index (χ2v) is 7.59. The third-order valence-corrected chi connectivity index (χ3v) is 5.70. The second-order valence-electron chi connectivity index (χ2n) is 6.78. The van der Waals surface area contributed by atoms with E-state index in [0.29, 0.717) is 6.42 Å². The van der Waals surface area contributed by atoms with Gasteiger partial charge in [0.15, 0.2) is 12.4 Å². The van der Waals surface area contributed by atoms with Crippen molar-refractivity contribution in [3.8, 4) is 0 Å². The van der Waals surface area contributed by atoms with Crippen molar-refractivity contribution in [2.24, 2.45) is 23.7 Å². The van der Waals surface area contributed by atoms with Gasteiger partial charge in [0.1, 0.15) is 24.6 Å². The molecule has 0 aromatic carbocycles. The molecule has 156 valence electrons. The summed E-state index contributed by atoms with van der Waals surface area (Å²) in [6, 6.07) is 0. The second kappa shape index (κ2) is 8.27. The third kappa shape index (κ3) is 4.26. The molecule has 2 aliphatic carbocycles. The minimum atomic E-state index is -4.27. The van der Waals surface area contributed by atoms with Crippen molar-refractivity contribution in [1.29, 1.82) is 0 Å². The smallest absolute Gasteiger partial charge is 0.415 e. The first-order valence-electron chi connectivity index (χ1n) is 8.30. The van der Waals surface area contributed by atoms with Gasteiger partial charge in [0.05, 0.1) is 12.5 Å². The molecule has 3 fully saturated rings. The van der Waals surface area contributed by atoms with Crippen LogP contribution in [0.1, 0.15) is 19.3 Å². The van der Waals surface area contributed by atoms with E-state index < -0.39 is 48.0 Å². The number of halogens is 2. The van der Waals surface area contributed by atoms with E-state index in [1.54, 1.807) is 0 Å². The summed E-state index contributed by atoms with van der Waals surface area (Å²) < 4.78 is 44.0. The highest BCUT2D eigenvalue weighted by Crippen LogP contribution is 2.57. The summed E-state index contributed by atoms with van der Waals surface area (Å²) in [4.78, 5) is 46.1. The van der Waals surface area contributed by atoms with E-state index in [0.717, 1.165) is 6.42 Å². The van der Waals surface area contributed by atoms with Gasteiger partial charge in [-0.1, -0.05) is 0 Å². The summed E-state index contributed by atoms with van der Waals surface area (Å²) in [6.07, 6.45) is 0.483. The third-order valence-electron chi connectivity index (χ3n) is 5.20. The molecule has 0 radical (unpaired) electrons. The van der Waals surface area contributed by atoms with Crippen LogP contribution < -0.4 is 5.26 Å². The predicted molar refractivity (Wildman–Crippen MR) is 79.3 cm³/mol. The number of ketones is 1. The highest BCUT2D eigenvalue weighted by Gasteiger charge is 2.61. The molecule has 0 aromatic rings. The van der Waals surface area contributed by atoms with Gasteiger partial charge in [-0.3, -0.25) is 19.4 Å². The fourth-order valence-electron chi connectivity index (χ4n) is 4.08. The van der Waals surface area contributed by atoms with Crippen LogP contribution in [0.15, 0.2) is 0 Å². The van der Waals surface area contributed by atoms with Crippen molar-refractivity contribution >= 4 is 35.7 Å². The Hall–Kier alpha value is -1.83. The number of Topliss-reactive ketones (excluding diaryl/α,β-unsaturated/α-hetero) is 1. The molecule has 1 heterocycles. The number of carbonyl (C=O) groups is 4. The Kier molecular flexibility index (Phi) is 6.17. The number of fused-ring (bicyclic) bond motifs is 1. The molecule has 5 atom stereocenters. The largest absolute Gasteiger partial charge is 0.691 e. The van der Waals surface area contributed by atoms with Crippen LogP contribution in [0.2, 0.25) is 0 Å². The van der Waals surface area contributed by atoms with Crippen LogP contribution in [-0.4, -0.2) is 48.3 Å². The lowest BCUT2D eigenvalue weighted by Gasteiger charge is -2.24. The summed E-state index contributed by atoms with van der Waals surface area (Å²) in [5.74, 6) is -4.05. The van der Waals surface area contributed by atoms with Crippen molar-refractivity contribution in [1.82, 2.24) is 0 Å². The van der Waals surface area contributed by atoms with Crippen LogP contribution >= 0.6 is 12.0 Å². The molecule has 1 aliphatic heterocycles. The highest BCUT2D eigenvalue weighted by atomic mass is 32.2. The molecule has 10 nitrogen and oxygen atoms in total. The molecule has 2 bridgehead atoms. The molecule has 0 aromatic heterocycles. The normalized spacial score (nSPS) is 30.2. The molecule has 13 heteroatoms. The molecular formula is C15H15F2O10S-. The zero-order valence-electron chi connectivity index (χ0n) is 14.2. The lowest BCUT2D eigenvalue weighted by atomic mass is 9.83. The lowest BCUT2D eigenvalue weighted by molar-refractivity contribution is -0.777. The molecule has 0 N–H and O–H groups in total. The molecule has 28 heavy (non-hydrogen) atoms. The van der Waals surface area contributed by atoms with Crippen molar-refractivity contribution in [2.75, 3.05) is 13.2 Å². The van der Waals surface area contributed by atoms with Crippen LogP contribution in [-0.2, 0) is 42.8 Å². The van der Waals surface area contributed by atoms with E-state index in [4.69, 9.17) is 9.47 Å². The Morgan fingerprint density at radius 3 is 2.71 bits per heavy atom. The Morgan fingerprint density at radius 1 is 1.25 bits per heavy atom. The van der Waals surface area contributed by atoms with E-state index >= 15 is 0 Å². The van der Waals surface area contributed by atoms with Gasteiger partial charge in [0, 0.05) is 11.8 Å². The number of rotatable bonds is 10. The maximum atomic E-state index is 13.1. The summed E-state index contributed by atoms with van der Waals surface area (Å²) in [7, 11) is 0. The Bertz CT molecular complexity index is 671. The quantitative estimate of drug-likeness (QED) is 0.114. The van der Waals surface area contributed by atoms with E-state index in [1.165, 1.54) is 0 Å². The lowest BCUT2D eigenvalue weighted by Crippen LogP contribution is -2.32. The van der Waals surface area contributed by atoms with Crippen molar-refractivity contribution in [3.63, 3.8) is 0 Å². The SMILES string of the molecule is O=C(COC(=O)C(F)(F)SOO[O-])CC(=O)OCC1C2CC3C(=O)OC1C3C2.